The minimum absolute atomic E-state index is 0.158. The predicted molar refractivity (Wildman–Crippen MR) is 108 cm³/mol. The first-order valence-electron chi connectivity index (χ1n) is 9.95. The summed E-state index contributed by atoms with van der Waals surface area (Å²) in [5, 5.41) is 10.3. The van der Waals surface area contributed by atoms with Crippen LogP contribution >= 0.6 is 0 Å². The van der Waals surface area contributed by atoms with Gasteiger partial charge in [0.15, 0.2) is 0 Å². The van der Waals surface area contributed by atoms with Gasteiger partial charge in [0, 0.05) is 35.8 Å². The summed E-state index contributed by atoms with van der Waals surface area (Å²) in [4.78, 5) is 26.8. The highest BCUT2D eigenvalue weighted by Gasteiger charge is 2.31. The third kappa shape index (κ3) is 4.79. The predicted octanol–water partition coefficient (Wildman–Crippen LogP) is 4.25. The van der Waals surface area contributed by atoms with Crippen molar-refractivity contribution in [1.29, 1.82) is 0 Å². The van der Waals surface area contributed by atoms with E-state index in [1.807, 2.05) is 0 Å². The summed E-state index contributed by atoms with van der Waals surface area (Å²) in [5.41, 5.74) is 0.664. The van der Waals surface area contributed by atoms with Crippen LogP contribution in [0.5, 0.6) is 0 Å². The van der Waals surface area contributed by atoms with E-state index < -0.39 is 11.7 Å². The van der Waals surface area contributed by atoms with Crippen LogP contribution in [0.1, 0.15) is 28.8 Å². The molecule has 0 unspecified atom stereocenters. The second kappa shape index (κ2) is 8.81. The Balaban J connectivity index is 1.33. The highest BCUT2D eigenvalue weighted by Crippen LogP contribution is 2.29. The summed E-state index contributed by atoms with van der Waals surface area (Å²) >= 11 is 0. The van der Waals surface area contributed by atoms with Crippen LogP contribution in [0, 0.1) is 5.92 Å². The van der Waals surface area contributed by atoms with E-state index in [9.17, 15) is 22.8 Å². The van der Waals surface area contributed by atoms with E-state index in [0.29, 0.717) is 43.1 Å². The van der Waals surface area contributed by atoms with Gasteiger partial charge in [-0.2, -0.15) is 13.2 Å². The molecule has 0 bridgehead atoms. The number of carbonyl (C=O) groups excluding carboxylic acids is 2. The molecule has 2 heterocycles. The first kappa shape index (κ1) is 21.5. The Bertz CT molecular complexity index is 1090. The van der Waals surface area contributed by atoms with Gasteiger partial charge in [0.25, 0.3) is 5.91 Å². The molecule has 166 valence electrons. The van der Waals surface area contributed by atoms with Gasteiger partial charge >= 0.3 is 6.18 Å². The topological polar surface area (TPSA) is 88.3 Å². The summed E-state index contributed by atoms with van der Waals surface area (Å²) in [6.45, 7) is 0.694. The molecule has 1 aromatic heterocycles. The molecule has 2 aromatic carbocycles. The quantitative estimate of drug-likeness (QED) is 0.650. The molecule has 0 saturated carbocycles. The third-order valence-corrected chi connectivity index (χ3v) is 5.35. The molecule has 1 aliphatic heterocycles. The number of alkyl halides is 3. The van der Waals surface area contributed by atoms with Crippen molar-refractivity contribution in [3.8, 4) is 11.5 Å². The molecule has 1 saturated heterocycles. The Morgan fingerprint density at radius 2 is 1.78 bits per heavy atom. The molecular formula is C22H19F3N4O3. The van der Waals surface area contributed by atoms with E-state index in [4.69, 9.17) is 4.42 Å². The normalized spacial score (nSPS) is 14.9. The molecule has 0 aliphatic carbocycles. The second-order valence-corrected chi connectivity index (χ2v) is 7.46. The molecule has 0 atom stereocenters. The number of nitrogens with one attached hydrogen (secondary N) is 1. The zero-order chi connectivity index (χ0) is 22.7. The minimum atomic E-state index is -4.45. The highest BCUT2D eigenvalue weighted by atomic mass is 19.4. The fraction of sp³-hybridized carbons (Fsp3) is 0.273. The summed E-state index contributed by atoms with van der Waals surface area (Å²) in [5.74, 6) is -0.436. The molecule has 2 amide bonds. The zero-order valence-electron chi connectivity index (χ0n) is 16.8. The van der Waals surface area contributed by atoms with E-state index in [1.54, 1.807) is 29.2 Å². The van der Waals surface area contributed by atoms with E-state index >= 15 is 0 Å². The van der Waals surface area contributed by atoms with Crippen molar-refractivity contribution in [2.75, 3.05) is 18.4 Å². The second-order valence-electron chi connectivity index (χ2n) is 7.46. The van der Waals surface area contributed by atoms with Crippen molar-refractivity contribution >= 4 is 17.5 Å². The standard InChI is InChI=1S/C22H19F3N4O3/c23-22(24,25)17-6-4-15(5-7-17)21(31)29-10-8-14(9-11-29)19(30)27-18-3-1-2-16(12-18)20-28-26-13-32-20/h1-7,12-14H,8-11H2,(H,27,30). The molecule has 7 nitrogen and oxygen atoms in total. The van der Waals surface area contributed by atoms with Crippen molar-refractivity contribution < 1.29 is 27.2 Å². The number of carbonyl (C=O) groups is 2. The van der Waals surface area contributed by atoms with Crippen LogP contribution in [0.25, 0.3) is 11.5 Å². The number of rotatable bonds is 4. The molecule has 0 radical (unpaired) electrons. The summed E-state index contributed by atoms with van der Waals surface area (Å²) < 4.78 is 43.3. The van der Waals surface area contributed by atoms with Crippen molar-refractivity contribution in [2.24, 2.45) is 5.92 Å². The van der Waals surface area contributed by atoms with Crippen LogP contribution in [-0.4, -0.2) is 40.0 Å². The fourth-order valence-electron chi connectivity index (χ4n) is 3.60. The van der Waals surface area contributed by atoms with E-state index in [2.05, 4.69) is 15.5 Å². The lowest BCUT2D eigenvalue weighted by molar-refractivity contribution is -0.137. The molecule has 1 fully saturated rings. The lowest BCUT2D eigenvalue weighted by atomic mass is 9.95. The largest absolute Gasteiger partial charge is 0.423 e. The number of aromatic nitrogens is 2. The average Bonchev–Trinajstić information content (AvgIpc) is 3.33. The minimum Gasteiger partial charge on any atom is -0.423 e. The van der Waals surface area contributed by atoms with E-state index in [1.165, 1.54) is 18.5 Å². The number of benzene rings is 2. The first-order chi connectivity index (χ1) is 15.3. The first-order valence-corrected chi connectivity index (χ1v) is 9.95. The average molecular weight is 444 g/mol. The smallest absolute Gasteiger partial charge is 0.416 e. The molecule has 4 rings (SSSR count). The Morgan fingerprint density at radius 3 is 2.41 bits per heavy atom. The SMILES string of the molecule is O=C(Nc1cccc(-c2nnco2)c1)C1CCN(C(=O)c2ccc(C(F)(F)F)cc2)CC1. The van der Waals surface area contributed by atoms with Crippen LogP contribution < -0.4 is 5.32 Å². The van der Waals surface area contributed by atoms with Gasteiger partial charge < -0.3 is 14.6 Å². The van der Waals surface area contributed by atoms with Gasteiger partial charge in [-0.25, -0.2) is 0 Å². The van der Waals surface area contributed by atoms with Gasteiger partial charge in [-0.3, -0.25) is 9.59 Å². The lowest BCUT2D eigenvalue weighted by Gasteiger charge is -2.31. The molecule has 1 aliphatic rings. The Hall–Kier alpha value is -3.69. The van der Waals surface area contributed by atoms with E-state index in [-0.39, 0.29) is 23.3 Å². The van der Waals surface area contributed by atoms with Gasteiger partial charge in [-0.1, -0.05) is 6.07 Å². The van der Waals surface area contributed by atoms with Gasteiger partial charge in [-0.15, -0.1) is 10.2 Å². The number of amides is 2. The van der Waals surface area contributed by atoms with Crippen molar-refractivity contribution in [1.82, 2.24) is 15.1 Å². The molecule has 3 aromatic rings. The number of likely N-dealkylation sites (tertiary alicyclic amines) is 1. The lowest BCUT2D eigenvalue weighted by Crippen LogP contribution is -2.41. The van der Waals surface area contributed by atoms with Gasteiger partial charge in [-0.05, 0) is 55.3 Å². The maximum absolute atomic E-state index is 12.7. The van der Waals surface area contributed by atoms with Crippen LogP contribution in [0.3, 0.4) is 0 Å². The van der Waals surface area contributed by atoms with Gasteiger partial charge in [0.05, 0.1) is 5.56 Å². The van der Waals surface area contributed by atoms with Crippen LogP contribution in [-0.2, 0) is 11.0 Å². The number of halogens is 3. The fourth-order valence-corrected chi connectivity index (χ4v) is 3.60. The van der Waals surface area contributed by atoms with Crippen LogP contribution in [0.4, 0.5) is 18.9 Å². The molecule has 0 spiro atoms. The van der Waals surface area contributed by atoms with Gasteiger partial charge in [0.1, 0.15) is 0 Å². The summed E-state index contributed by atoms with van der Waals surface area (Å²) in [6.07, 6.45) is -2.30. The van der Waals surface area contributed by atoms with Crippen LogP contribution in [0.15, 0.2) is 59.3 Å². The van der Waals surface area contributed by atoms with Crippen molar-refractivity contribution in [3.63, 3.8) is 0 Å². The van der Waals surface area contributed by atoms with Crippen molar-refractivity contribution in [3.05, 3.63) is 66.1 Å². The third-order valence-electron chi connectivity index (χ3n) is 5.35. The number of nitrogens with zero attached hydrogens (tertiary/aromatic N) is 3. The highest BCUT2D eigenvalue weighted by molar-refractivity contribution is 5.95. The maximum atomic E-state index is 12.7. The van der Waals surface area contributed by atoms with Crippen molar-refractivity contribution in [2.45, 2.75) is 19.0 Å². The van der Waals surface area contributed by atoms with Crippen LogP contribution in [0.2, 0.25) is 0 Å². The zero-order valence-corrected chi connectivity index (χ0v) is 16.8. The molecular weight excluding hydrogens is 425 g/mol. The summed E-state index contributed by atoms with van der Waals surface area (Å²) in [7, 11) is 0. The Morgan fingerprint density at radius 1 is 1.06 bits per heavy atom. The molecule has 1 N–H and O–H groups in total. The molecule has 10 heteroatoms. The number of hydrogen-bond acceptors (Lipinski definition) is 5. The number of hydrogen-bond donors (Lipinski definition) is 1. The number of piperidine rings is 1. The number of anilines is 1. The monoisotopic (exact) mass is 444 g/mol. The Kier molecular flexibility index (Phi) is 5.93. The summed E-state index contributed by atoms with van der Waals surface area (Å²) in [6, 6.07) is 11.2. The molecule has 32 heavy (non-hydrogen) atoms. The van der Waals surface area contributed by atoms with E-state index in [0.717, 1.165) is 12.1 Å². The Labute approximate surface area is 181 Å². The maximum Gasteiger partial charge on any atom is 0.416 e. The van der Waals surface area contributed by atoms with Gasteiger partial charge in [0.2, 0.25) is 18.2 Å².